The third-order valence-corrected chi connectivity index (χ3v) is 24.5. The number of alkyl halides is 3. The first kappa shape index (κ1) is 116. The second-order valence-electron chi connectivity index (χ2n) is 33.5. The third kappa shape index (κ3) is 39.2. The van der Waals surface area contributed by atoms with Gasteiger partial charge in [-0.15, -0.1) is 45.3 Å². The summed E-state index contributed by atoms with van der Waals surface area (Å²) in [5.74, 6) is -2.72. The molecule has 3 aliphatic rings. The summed E-state index contributed by atoms with van der Waals surface area (Å²) in [5, 5.41) is 16.1. The van der Waals surface area contributed by atoms with Gasteiger partial charge in [-0.1, -0.05) is 105 Å². The zero-order valence-corrected chi connectivity index (χ0v) is 87.3. The number of benzene rings is 4. The van der Waals surface area contributed by atoms with E-state index in [2.05, 4.69) is 249 Å². The molecule has 3 radical (unpaired) electrons. The van der Waals surface area contributed by atoms with Crippen molar-refractivity contribution >= 4 is 191 Å². The summed E-state index contributed by atoms with van der Waals surface area (Å²) in [6.07, 6.45) is 4.04. The van der Waals surface area contributed by atoms with Crippen LogP contribution < -0.4 is 45.4 Å². The van der Waals surface area contributed by atoms with Gasteiger partial charge < -0.3 is 38.2 Å². The Kier molecular flexibility index (Phi) is 48.6. The van der Waals surface area contributed by atoms with E-state index in [0.29, 0.717) is 41.6 Å². The molecule has 126 heavy (non-hydrogen) atoms. The molecule has 2 atom stereocenters. The summed E-state index contributed by atoms with van der Waals surface area (Å²) in [6, 6.07) is 27.0. The molecule has 2 amide bonds. The van der Waals surface area contributed by atoms with E-state index in [4.69, 9.17) is 43.6 Å². The minimum Gasteiger partial charge on any atom is -0.550 e. The Morgan fingerprint density at radius 3 is 1.33 bits per heavy atom. The molecule has 1 N–H and O–H groups in total. The number of thiazole rings is 4. The second-order valence-corrected chi connectivity index (χ2v) is 41.3. The first-order valence-electron chi connectivity index (χ1n) is 41.1. The summed E-state index contributed by atoms with van der Waals surface area (Å²) in [6.45, 7) is 59.9. The summed E-state index contributed by atoms with van der Waals surface area (Å²) >= 11 is 13.5. The number of fused-ring (bicyclic) bond motifs is 4. The van der Waals surface area contributed by atoms with E-state index in [1.807, 2.05) is 39.0 Å². The number of hydrogen-bond acceptors (Lipinski definition) is 28. The largest absolute Gasteiger partial charge is 1.00 e. The Hall–Kier alpha value is -6.07. The second kappa shape index (κ2) is 52.8. The monoisotopic (exact) mass is 1990 g/mol. The molecule has 7 heterocycles. The van der Waals surface area contributed by atoms with E-state index in [9.17, 15) is 45.6 Å². The maximum absolute atomic E-state index is 12.9. The molecule has 0 aliphatic carbocycles. The molecule has 691 valence electrons. The summed E-state index contributed by atoms with van der Waals surface area (Å²) in [7, 11) is -6.17. The third-order valence-electron chi connectivity index (χ3n) is 18.5. The van der Waals surface area contributed by atoms with Crippen LogP contribution in [0.4, 0.5) is 22.8 Å². The minimum atomic E-state index is -5.84. The predicted octanol–water partition coefficient (Wildman–Crippen LogP) is 16.5. The van der Waals surface area contributed by atoms with Crippen molar-refractivity contribution in [3.63, 3.8) is 0 Å². The number of aliphatic carboxylic acids is 1. The number of nitrogens with one attached hydrogen (secondary N) is 1. The molecule has 1 saturated heterocycles. The molecule has 0 unspecified atom stereocenters. The summed E-state index contributed by atoms with van der Waals surface area (Å²) in [4.78, 5) is 99.8. The average Bonchev–Trinajstić information content (AvgIpc) is 1.59. The molecular weight excluding hydrogens is 1860 g/mol. The van der Waals surface area contributed by atoms with Gasteiger partial charge in [0.1, 0.15) is 26.2 Å². The number of rotatable bonds is 19. The van der Waals surface area contributed by atoms with Gasteiger partial charge in [0, 0.05) is 80.0 Å². The normalized spacial score (nSPS) is 15.4. The van der Waals surface area contributed by atoms with Crippen molar-refractivity contribution in [2.75, 3.05) is 39.3 Å². The fraction of sp³-hybridized carbons (Fsp3) is 0.563. The van der Waals surface area contributed by atoms with Crippen molar-refractivity contribution in [2.24, 2.45) is 11.8 Å². The SMILES string of the molecule is CC(=O)OOC(C)=O.CC(=O)[O-].CCN(Cc1nc2cc(B3OC(C)(C)C(C)(C)O3)ccc2s1)C(C)C.CCN(Cc1nc2cc(Br)ccc2s1)C(C)C.CCN(Cc1nc2cc(C3=CC[C@H](C)CN3C(=O)OC(C)(C)C)ccc2s1)C(C)C.CCNC(C)C.C[C@H]1CC=C(OS(=O)(=O)C(F)(F)F)N(C(=O)OC(C)(C)C)C1.O=Cc1nc2cc(Br)ccc2s1.[B].[Na+]. The molecule has 11 rings (SSSR count). The summed E-state index contributed by atoms with van der Waals surface area (Å²) in [5.41, 5.74) is -0.625. The quantitative estimate of drug-likeness (QED) is 0.0196. The van der Waals surface area contributed by atoms with E-state index in [1.54, 1.807) is 66.6 Å². The van der Waals surface area contributed by atoms with Crippen molar-refractivity contribution in [1.29, 1.82) is 0 Å². The van der Waals surface area contributed by atoms with E-state index < -0.39 is 56.7 Å². The maximum atomic E-state index is 12.9. The molecule has 4 aromatic heterocycles. The first-order valence-corrected chi connectivity index (χ1v) is 47.3. The van der Waals surface area contributed by atoms with Crippen molar-refractivity contribution in [1.82, 2.24) is 49.8 Å². The molecule has 8 aromatic rings. The van der Waals surface area contributed by atoms with Gasteiger partial charge in [-0.3, -0.25) is 24.4 Å². The van der Waals surface area contributed by atoms with Crippen LogP contribution in [0.1, 0.15) is 230 Å². The van der Waals surface area contributed by atoms with Gasteiger partial charge >= 0.3 is 76.4 Å². The van der Waals surface area contributed by atoms with Crippen LogP contribution in [-0.2, 0) is 76.9 Å². The minimum absolute atomic E-state index is 0. The molecule has 39 heteroatoms. The Balaban J connectivity index is 0.000000515. The average molecular weight is 1990 g/mol. The van der Waals surface area contributed by atoms with Crippen LogP contribution in [0.25, 0.3) is 46.6 Å². The topological polar surface area (TPSA) is 304 Å². The van der Waals surface area contributed by atoms with Crippen molar-refractivity contribution < 1.29 is 118 Å². The van der Waals surface area contributed by atoms with Gasteiger partial charge in [-0.25, -0.2) is 53.8 Å². The first-order chi connectivity index (χ1) is 57.4. The van der Waals surface area contributed by atoms with Gasteiger partial charge in [0.15, 0.2) is 11.3 Å². The molecular formula is C87H125B2Br2F3N10NaO16S5. The Labute approximate surface area is 799 Å². The van der Waals surface area contributed by atoms with Gasteiger partial charge in [0.05, 0.1) is 77.4 Å². The molecule has 26 nitrogen and oxygen atoms in total. The van der Waals surface area contributed by atoms with Crippen molar-refractivity contribution in [3.05, 3.63) is 125 Å². The molecule has 0 bridgehead atoms. The Morgan fingerprint density at radius 1 is 0.603 bits per heavy atom. The number of hydrogen-bond donors (Lipinski definition) is 1. The number of aromatic nitrogens is 4. The number of ether oxygens (including phenoxy) is 2. The van der Waals surface area contributed by atoms with Crippen LogP contribution in [0, 0.1) is 11.8 Å². The van der Waals surface area contributed by atoms with Crippen LogP contribution in [0.15, 0.2) is 99.8 Å². The van der Waals surface area contributed by atoms with Gasteiger partial charge in [0.25, 0.3) is 0 Å². The maximum Gasteiger partial charge on any atom is 1.00 e. The van der Waals surface area contributed by atoms with Gasteiger partial charge in [-0.05, 0) is 241 Å². The van der Waals surface area contributed by atoms with Crippen LogP contribution in [0.3, 0.4) is 0 Å². The zero-order valence-electron chi connectivity index (χ0n) is 78.0. The fourth-order valence-electron chi connectivity index (χ4n) is 11.7. The van der Waals surface area contributed by atoms with E-state index in [-0.39, 0.29) is 81.3 Å². The van der Waals surface area contributed by atoms with E-state index in [0.717, 1.165) is 153 Å². The van der Waals surface area contributed by atoms with E-state index >= 15 is 0 Å². The molecule has 4 aromatic carbocycles. The van der Waals surface area contributed by atoms with Crippen molar-refractivity contribution in [3.8, 4) is 0 Å². The standard InChI is InChI=1S/C24H35N3O2S.C19H29BN2O2S.C13H17BrN2S.C12H18F3NO5S.C8H4BrNOS.C5H13N.C4H6O4.C2H4O2.B.Na/c1-8-26(16(2)3)15-22-25-19-13-18(10-12-21(19)30-22)20-11-9-17(4)14-27(20)23(28)29-24(5,6)7;1-8-22(13(2)3)12-17-21-15-11-14(9-10-16(15)25-17)20-23-18(4,5)19(6,7)24-20;1-4-16(9(2)3)8-13-15-11-7-10(14)5-6-12(11)17-13;1-8-5-6-9(21-22(18,19)12(13,14)15)16(7-8)10(17)20-11(2,3)4;9-5-1-2-7-6(3-5)10-8(4-11)12-7;1-4-6-5(2)3;1-3(5)7-8-4(2)6;1-2(3)4;;/h10-13,16-17H,8-9,14-15H2,1-7H3;9-11,13H,8,12H2,1-7H3;5-7,9H,4,8H2,1-3H3;6,8H,5,7H2,1-4H3;1-4H;5-6H,4H2,1-3H3;1-2H3;1H3,(H,3,4);;/q;;;;;;;;;+1/p-1/t17-;;;8-;;;;;;/m0..0....../s1. The summed E-state index contributed by atoms with van der Waals surface area (Å²) < 4.78 is 93.3. The number of carbonyl (C=O) groups is 6. The molecule has 0 saturated carbocycles. The number of nitrogens with zero attached hydrogens (tertiary/aromatic N) is 9. The molecule has 0 spiro atoms. The van der Waals surface area contributed by atoms with Crippen LogP contribution in [-0.4, -0.2) is 196 Å². The number of halogens is 5. The van der Waals surface area contributed by atoms with E-state index in [1.165, 1.54) is 30.4 Å². The van der Waals surface area contributed by atoms with Crippen LogP contribution in [0.5, 0.6) is 0 Å². The fourth-order valence-corrected chi connectivity index (χ4v) is 16.5. The number of carbonyl (C=O) groups excluding carboxylic acids is 6. The number of carboxylic acid groups (broad SMARTS) is 1. The smallest absolute Gasteiger partial charge is 0.550 e. The molecule has 3 aliphatic heterocycles. The van der Waals surface area contributed by atoms with Crippen LogP contribution >= 0.6 is 77.2 Å². The zero-order chi connectivity index (χ0) is 93.9. The number of amides is 2. The number of aldehydes is 1. The van der Waals surface area contributed by atoms with Crippen molar-refractivity contribution in [2.45, 2.75) is 271 Å². The van der Waals surface area contributed by atoms with Gasteiger partial charge in [-0.2, -0.15) is 21.6 Å². The van der Waals surface area contributed by atoms with Gasteiger partial charge in [0.2, 0.25) is 5.88 Å². The number of carboxylic acids is 1. The number of allylic oxidation sites excluding steroid dienone is 2. The molecule has 1 fully saturated rings. The van der Waals surface area contributed by atoms with Crippen LogP contribution in [0.2, 0.25) is 0 Å². The Morgan fingerprint density at radius 2 is 0.968 bits per heavy atom. The Bertz CT molecular complexity index is 4970. The predicted molar refractivity (Wildman–Crippen MR) is 503 cm³/mol.